The van der Waals surface area contributed by atoms with E-state index in [-0.39, 0.29) is 10.8 Å². The van der Waals surface area contributed by atoms with Gasteiger partial charge in [-0.3, -0.25) is 9.48 Å². The van der Waals surface area contributed by atoms with Crippen LogP contribution < -0.4 is 5.32 Å². The van der Waals surface area contributed by atoms with Crippen LogP contribution in [0, 0.1) is 13.8 Å². The highest BCUT2D eigenvalue weighted by molar-refractivity contribution is 7.89. The second-order valence-electron chi connectivity index (χ2n) is 8.73. The highest BCUT2D eigenvalue weighted by Gasteiger charge is 2.26. The minimum Gasteiger partial charge on any atom is -0.379 e. The molecule has 1 amide bonds. The summed E-state index contributed by atoms with van der Waals surface area (Å²) in [6.07, 6.45) is 0.862. The van der Waals surface area contributed by atoms with Gasteiger partial charge in [-0.15, -0.1) is 0 Å². The van der Waals surface area contributed by atoms with Crippen molar-refractivity contribution < 1.29 is 17.9 Å². The Kier molecular flexibility index (Phi) is 8.00. The summed E-state index contributed by atoms with van der Waals surface area (Å²) in [5.74, 6) is -0.0513. The SMILES string of the molecule is Cc1nn(Cc2ccccc2)c(C)c1CNC(=O)CCc1ccc(S(=O)(=O)N2CCOCC2)cc1. The summed E-state index contributed by atoms with van der Waals surface area (Å²) >= 11 is 0. The number of carbonyl (C=O) groups excluding carboxylic acids is 1. The van der Waals surface area contributed by atoms with Gasteiger partial charge in [-0.1, -0.05) is 42.5 Å². The number of morpholine rings is 1. The van der Waals surface area contributed by atoms with Crippen LogP contribution >= 0.6 is 0 Å². The maximum atomic E-state index is 12.7. The fourth-order valence-electron chi connectivity index (χ4n) is 4.20. The lowest BCUT2D eigenvalue weighted by Gasteiger charge is -2.26. The van der Waals surface area contributed by atoms with Gasteiger partial charge in [0.25, 0.3) is 0 Å². The minimum atomic E-state index is -3.51. The molecule has 1 aliphatic rings. The van der Waals surface area contributed by atoms with Gasteiger partial charge in [0, 0.05) is 37.3 Å². The second kappa shape index (κ2) is 11.2. The molecule has 2 aromatic carbocycles. The number of carbonyl (C=O) groups is 1. The van der Waals surface area contributed by atoms with Crippen molar-refractivity contribution in [2.75, 3.05) is 26.3 Å². The van der Waals surface area contributed by atoms with Crippen LogP contribution in [0.5, 0.6) is 0 Å². The molecule has 9 heteroatoms. The van der Waals surface area contributed by atoms with Crippen molar-refractivity contribution in [3.63, 3.8) is 0 Å². The molecule has 1 N–H and O–H groups in total. The Bertz CT molecular complexity index is 1250. The maximum Gasteiger partial charge on any atom is 0.243 e. The van der Waals surface area contributed by atoms with Crippen LogP contribution in [-0.4, -0.2) is 54.7 Å². The van der Waals surface area contributed by atoms with E-state index in [1.165, 1.54) is 9.87 Å². The van der Waals surface area contributed by atoms with Gasteiger partial charge in [0.15, 0.2) is 0 Å². The summed E-state index contributed by atoms with van der Waals surface area (Å²) in [6, 6.07) is 17.0. The van der Waals surface area contributed by atoms with Crippen LogP contribution in [0.1, 0.15) is 34.5 Å². The zero-order valence-corrected chi connectivity index (χ0v) is 21.1. The van der Waals surface area contributed by atoms with Crippen molar-refractivity contribution >= 4 is 15.9 Å². The fourth-order valence-corrected chi connectivity index (χ4v) is 5.61. The number of aromatic nitrogens is 2. The predicted molar refractivity (Wildman–Crippen MR) is 133 cm³/mol. The molecule has 0 bridgehead atoms. The fraction of sp³-hybridized carbons (Fsp3) is 0.385. The van der Waals surface area contributed by atoms with Gasteiger partial charge < -0.3 is 10.1 Å². The highest BCUT2D eigenvalue weighted by atomic mass is 32.2. The van der Waals surface area contributed by atoms with Crippen LogP contribution in [0.4, 0.5) is 0 Å². The molecular weight excluding hydrogens is 464 g/mol. The van der Waals surface area contributed by atoms with E-state index in [0.717, 1.165) is 22.5 Å². The van der Waals surface area contributed by atoms with E-state index >= 15 is 0 Å². The Morgan fingerprint density at radius 1 is 1.00 bits per heavy atom. The van der Waals surface area contributed by atoms with Gasteiger partial charge in [0.2, 0.25) is 15.9 Å². The molecule has 0 radical (unpaired) electrons. The number of nitrogens with zero attached hydrogens (tertiary/aromatic N) is 3. The number of nitrogens with one attached hydrogen (secondary N) is 1. The monoisotopic (exact) mass is 496 g/mol. The van der Waals surface area contributed by atoms with Crippen LogP contribution in [0.3, 0.4) is 0 Å². The number of hydrogen-bond donors (Lipinski definition) is 1. The van der Waals surface area contributed by atoms with Crippen molar-refractivity contribution in [1.82, 2.24) is 19.4 Å². The van der Waals surface area contributed by atoms with Crippen molar-refractivity contribution in [1.29, 1.82) is 0 Å². The Hall–Kier alpha value is -3.01. The van der Waals surface area contributed by atoms with Crippen molar-refractivity contribution in [3.8, 4) is 0 Å². The molecule has 1 fully saturated rings. The van der Waals surface area contributed by atoms with Gasteiger partial charge in [-0.2, -0.15) is 9.40 Å². The van der Waals surface area contributed by atoms with Crippen molar-refractivity contribution in [2.45, 2.75) is 44.7 Å². The molecule has 0 saturated carbocycles. The number of aryl methyl sites for hydroxylation is 2. The molecule has 0 aliphatic carbocycles. The van der Waals surface area contributed by atoms with Gasteiger partial charge in [-0.25, -0.2) is 8.42 Å². The molecule has 3 aromatic rings. The number of hydrogen-bond acceptors (Lipinski definition) is 5. The zero-order valence-electron chi connectivity index (χ0n) is 20.2. The lowest BCUT2D eigenvalue weighted by molar-refractivity contribution is -0.121. The van der Waals surface area contributed by atoms with E-state index in [0.29, 0.717) is 52.2 Å². The van der Waals surface area contributed by atoms with E-state index < -0.39 is 10.0 Å². The average molecular weight is 497 g/mol. The predicted octanol–water partition coefficient (Wildman–Crippen LogP) is 2.82. The van der Waals surface area contributed by atoms with Crippen molar-refractivity contribution in [2.24, 2.45) is 0 Å². The maximum absolute atomic E-state index is 12.7. The first-order chi connectivity index (χ1) is 16.8. The summed E-state index contributed by atoms with van der Waals surface area (Å²) in [5.41, 5.74) is 5.09. The van der Waals surface area contributed by atoms with E-state index in [4.69, 9.17) is 4.74 Å². The molecule has 2 heterocycles. The third-order valence-electron chi connectivity index (χ3n) is 6.34. The first-order valence-corrected chi connectivity index (χ1v) is 13.3. The summed E-state index contributed by atoms with van der Waals surface area (Å²) in [7, 11) is -3.51. The summed E-state index contributed by atoms with van der Waals surface area (Å²) in [6.45, 7) is 6.68. The molecule has 8 nitrogen and oxygen atoms in total. The van der Waals surface area contributed by atoms with Crippen LogP contribution in [0.25, 0.3) is 0 Å². The van der Waals surface area contributed by atoms with Gasteiger partial charge >= 0.3 is 0 Å². The van der Waals surface area contributed by atoms with E-state index in [2.05, 4.69) is 22.5 Å². The van der Waals surface area contributed by atoms with Gasteiger partial charge in [-0.05, 0) is 43.5 Å². The normalized spacial score (nSPS) is 14.7. The van der Waals surface area contributed by atoms with Crippen LogP contribution in [0.2, 0.25) is 0 Å². The van der Waals surface area contributed by atoms with E-state index in [1.807, 2.05) is 36.7 Å². The molecule has 35 heavy (non-hydrogen) atoms. The first-order valence-electron chi connectivity index (χ1n) is 11.8. The molecule has 0 unspecified atom stereocenters. The number of benzene rings is 2. The van der Waals surface area contributed by atoms with Gasteiger partial charge in [0.1, 0.15) is 0 Å². The Labute approximate surface area is 207 Å². The largest absolute Gasteiger partial charge is 0.379 e. The topological polar surface area (TPSA) is 93.5 Å². The second-order valence-corrected chi connectivity index (χ2v) is 10.7. The van der Waals surface area contributed by atoms with E-state index in [1.54, 1.807) is 24.3 Å². The summed E-state index contributed by atoms with van der Waals surface area (Å²) < 4.78 is 34.1. The summed E-state index contributed by atoms with van der Waals surface area (Å²) in [4.78, 5) is 12.8. The summed E-state index contributed by atoms with van der Waals surface area (Å²) in [5, 5.41) is 7.64. The van der Waals surface area contributed by atoms with Crippen LogP contribution in [0.15, 0.2) is 59.5 Å². The van der Waals surface area contributed by atoms with Crippen molar-refractivity contribution in [3.05, 3.63) is 82.7 Å². The van der Waals surface area contributed by atoms with Gasteiger partial charge in [0.05, 0.1) is 30.3 Å². The number of rotatable bonds is 9. The lowest BCUT2D eigenvalue weighted by Crippen LogP contribution is -2.40. The Morgan fingerprint density at radius 2 is 1.69 bits per heavy atom. The lowest BCUT2D eigenvalue weighted by atomic mass is 10.1. The molecule has 0 atom stereocenters. The minimum absolute atomic E-state index is 0.0513. The Balaban J connectivity index is 1.29. The third-order valence-corrected chi connectivity index (χ3v) is 8.25. The van der Waals surface area contributed by atoms with Crippen LogP contribution in [-0.2, 0) is 39.1 Å². The first kappa shape index (κ1) is 25.1. The standard InChI is InChI=1S/C26H32N4O4S/c1-20-25(21(2)30(28-20)19-23-6-4-3-5-7-23)18-27-26(31)13-10-22-8-11-24(12-9-22)35(32,33)29-14-16-34-17-15-29/h3-9,11-12H,10,13-19H2,1-2H3,(H,27,31). The molecular formula is C26H32N4O4S. The quantitative estimate of drug-likeness (QED) is 0.492. The molecule has 1 aliphatic heterocycles. The Morgan fingerprint density at radius 3 is 2.37 bits per heavy atom. The highest BCUT2D eigenvalue weighted by Crippen LogP contribution is 2.19. The van der Waals surface area contributed by atoms with E-state index in [9.17, 15) is 13.2 Å². The molecule has 186 valence electrons. The number of ether oxygens (including phenoxy) is 1. The molecule has 1 saturated heterocycles. The average Bonchev–Trinajstić information content (AvgIpc) is 3.14. The molecule has 4 rings (SSSR count). The number of amides is 1. The number of sulfonamides is 1. The smallest absolute Gasteiger partial charge is 0.243 e. The molecule has 1 aromatic heterocycles. The third kappa shape index (κ3) is 6.17. The zero-order chi connectivity index (χ0) is 24.8. The molecule has 0 spiro atoms.